The Morgan fingerprint density at radius 1 is 1.35 bits per heavy atom. The smallest absolute Gasteiger partial charge is 0.320 e. The van der Waals surface area contributed by atoms with Gasteiger partial charge in [-0.15, -0.1) is 0 Å². The molecule has 0 spiro atoms. The van der Waals surface area contributed by atoms with Crippen molar-refractivity contribution in [2.24, 2.45) is 5.73 Å². The maximum atomic E-state index is 11.1. The van der Waals surface area contributed by atoms with Crippen molar-refractivity contribution in [2.45, 2.75) is 51.0 Å². The maximum Gasteiger partial charge on any atom is 0.320 e. The van der Waals surface area contributed by atoms with Gasteiger partial charge in [-0.3, -0.25) is 4.79 Å². The number of allylic oxidation sites excluding steroid dienone is 1. The molecule has 1 aliphatic carbocycles. The highest BCUT2D eigenvalue weighted by Gasteiger charge is 2.56. The van der Waals surface area contributed by atoms with E-state index in [0.717, 1.165) is 0 Å². The molecule has 0 aliphatic heterocycles. The van der Waals surface area contributed by atoms with Gasteiger partial charge in [-0.05, 0) is 31.9 Å². The van der Waals surface area contributed by atoms with Crippen LogP contribution in [0.25, 0.3) is 0 Å². The predicted molar refractivity (Wildman–Crippen MR) is 84.6 cm³/mol. The lowest BCUT2D eigenvalue weighted by Gasteiger charge is -2.47. The third kappa shape index (κ3) is 3.58. The first-order valence-electron chi connectivity index (χ1n) is 7.77. The van der Waals surface area contributed by atoms with Crippen LogP contribution in [0.1, 0.15) is 33.6 Å². The molecule has 0 aromatic carbocycles. The molecule has 3 unspecified atom stereocenters. The number of nitrogens with two attached hydrogens (primary N) is 1. The first kappa shape index (κ1) is 19.6. The SMILES string of the molecule is CCOC1=C(CC(N)C(=O)O)C=CC(O)(OC)C1(CC)OCC. The van der Waals surface area contributed by atoms with Crippen LogP contribution >= 0.6 is 0 Å². The number of hydrogen-bond acceptors (Lipinski definition) is 6. The van der Waals surface area contributed by atoms with E-state index in [2.05, 4.69) is 0 Å². The summed E-state index contributed by atoms with van der Waals surface area (Å²) in [5.41, 5.74) is 4.98. The highest BCUT2D eigenvalue weighted by atomic mass is 16.7. The van der Waals surface area contributed by atoms with Crippen molar-refractivity contribution in [3.63, 3.8) is 0 Å². The summed E-state index contributed by atoms with van der Waals surface area (Å²) >= 11 is 0. The van der Waals surface area contributed by atoms with E-state index in [1.54, 1.807) is 19.9 Å². The van der Waals surface area contributed by atoms with Crippen molar-refractivity contribution in [1.29, 1.82) is 0 Å². The van der Waals surface area contributed by atoms with E-state index in [1.165, 1.54) is 13.2 Å². The molecule has 1 aliphatic rings. The number of carboxylic acids is 1. The maximum absolute atomic E-state index is 11.1. The number of methoxy groups -OCH3 is 1. The number of aliphatic carboxylic acids is 1. The van der Waals surface area contributed by atoms with Crippen LogP contribution in [0, 0.1) is 0 Å². The van der Waals surface area contributed by atoms with E-state index in [-0.39, 0.29) is 6.42 Å². The predicted octanol–water partition coefficient (Wildman–Crippen LogP) is 1.17. The summed E-state index contributed by atoms with van der Waals surface area (Å²) in [5, 5.41) is 19.9. The molecule has 0 aromatic rings. The second-order valence-electron chi connectivity index (χ2n) is 5.28. The summed E-state index contributed by atoms with van der Waals surface area (Å²) in [6.07, 6.45) is 3.48. The molecule has 0 saturated carbocycles. The van der Waals surface area contributed by atoms with Crippen LogP contribution in [0.4, 0.5) is 0 Å². The summed E-state index contributed by atoms with van der Waals surface area (Å²) in [6.45, 7) is 6.11. The molecule has 132 valence electrons. The standard InChI is InChI=1S/C16H27NO6/c1-5-15(23-7-3)13(22-6-2)11(10-12(17)14(18)19)8-9-16(15,20)21-4/h8-9,12,20H,5-7,10,17H2,1-4H3,(H,18,19). The number of rotatable bonds is 9. The molecule has 1 rings (SSSR count). The first-order valence-corrected chi connectivity index (χ1v) is 7.77. The largest absolute Gasteiger partial charge is 0.495 e. The van der Waals surface area contributed by atoms with E-state index in [9.17, 15) is 9.90 Å². The Balaban J connectivity index is 3.44. The molecular weight excluding hydrogens is 302 g/mol. The lowest BCUT2D eigenvalue weighted by atomic mass is 9.79. The molecular formula is C16H27NO6. The van der Waals surface area contributed by atoms with Crippen molar-refractivity contribution in [3.05, 3.63) is 23.5 Å². The summed E-state index contributed by atoms with van der Waals surface area (Å²) < 4.78 is 16.9. The van der Waals surface area contributed by atoms with Gasteiger partial charge < -0.3 is 30.2 Å². The second-order valence-corrected chi connectivity index (χ2v) is 5.28. The lowest BCUT2D eigenvalue weighted by molar-refractivity contribution is -0.273. The molecule has 7 nitrogen and oxygen atoms in total. The molecule has 0 bridgehead atoms. The van der Waals surface area contributed by atoms with Crippen molar-refractivity contribution < 1.29 is 29.2 Å². The Kier molecular flexibility index (Phi) is 6.76. The quantitative estimate of drug-likeness (QED) is 0.544. The number of ether oxygens (including phenoxy) is 3. The molecule has 7 heteroatoms. The van der Waals surface area contributed by atoms with Gasteiger partial charge in [0.2, 0.25) is 5.79 Å². The van der Waals surface area contributed by atoms with Gasteiger partial charge in [0.05, 0.1) is 6.61 Å². The zero-order chi connectivity index (χ0) is 17.7. The molecule has 4 N–H and O–H groups in total. The summed E-state index contributed by atoms with van der Waals surface area (Å²) in [6, 6.07) is -1.07. The fraction of sp³-hybridized carbons (Fsp3) is 0.688. The number of aliphatic hydroxyl groups is 1. The lowest BCUT2D eigenvalue weighted by Crippen LogP contribution is -2.59. The van der Waals surface area contributed by atoms with Crippen molar-refractivity contribution in [1.82, 2.24) is 0 Å². The minimum atomic E-state index is -1.71. The zero-order valence-electron chi connectivity index (χ0n) is 14.2. The third-order valence-electron chi connectivity index (χ3n) is 3.99. The average Bonchev–Trinajstić information content (AvgIpc) is 2.53. The molecule has 3 atom stereocenters. The Labute approximate surface area is 136 Å². The topological polar surface area (TPSA) is 111 Å². The van der Waals surface area contributed by atoms with Gasteiger partial charge in [0.1, 0.15) is 11.8 Å². The molecule has 0 amide bonds. The average molecular weight is 329 g/mol. The monoisotopic (exact) mass is 329 g/mol. The van der Waals surface area contributed by atoms with Crippen LogP contribution < -0.4 is 5.73 Å². The van der Waals surface area contributed by atoms with Gasteiger partial charge in [0, 0.05) is 20.1 Å². The van der Waals surface area contributed by atoms with Gasteiger partial charge in [0.15, 0.2) is 5.60 Å². The fourth-order valence-electron chi connectivity index (χ4n) is 2.85. The van der Waals surface area contributed by atoms with Crippen LogP contribution in [0.2, 0.25) is 0 Å². The van der Waals surface area contributed by atoms with Crippen molar-refractivity contribution >= 4 is 5.97 Å². The summed E-state index contributed by atoms with van der Waals surface area (Å²) in [5.74, 6) is -2.44. The van der Waals surface area contributed by atoms with Gasteiger partial charge in [-0.2, -0.15) is 0 Å². The zero-order valence-corrected chi connectivity index (χ0v) is 14.2. The number of carbonyl (C=O) groups is 1. The number of hydrogen-bond donors (Lipinski definition) is 3. The summed E-state index contributed by atoms with van der Waals surface area (Å²) in [7, 11) is 1.38. The molecule has 0 heterocycles. The van der Waals surface area contributed by atoms with Gasteiger partial charge in [-0.1, -0.05) is 13.0 Å². The molecule has 0 saturated heterocycles. The number of carboxylic acid groups (broad SMARTS) is 1. The summed E-state index contributed by atoms with van der Waals surface area (Å²) in [4.78, 5) is 11.1. The fourth-order valence-corrected chi connectivity index (χ4v) is 2.85. The van der Waals surface area contributed by atoms with Gasteiger partial charge >= 0.3 is 5.97 Å². The molecule has 23 heavy (non-hydrogen) atoms. The second kappa shape index (κ2) is 7.92. The van der Waals surface area contributed by atoms with Crippen molar-refractivity contribution in [2.75, 3.05) is 20.3 Å². The van der Waals surface area contributed by atoms with E-state index in [4.69, 9.17) is 25.1 Å². The van der Waals surface area contributed by atoms with Crippen LogP contribution in [0.5, 0.6) is 0 Å². The van der Waals surface area contributed by atoms with Crippen molar-refractivity contribution in [3.8, 4) is 0 Å². The van der Waals surface area contributed by atoms with E-state index < -0.39 is 23.4 Å². The van der Waals surface area contributed by atoms with E-state index in [1.807, 2.05) is 6.92 Å². The van der Waals surface area contributed by atoms with E-state index in [0.29, 0.717) is 31.0 Å². The van der Waals surface area contributed by atoms with Crippen LogP contribution in [0.3, 0.4) is 0 Å². The minimum Gasteiger partial charge on any atom is -0.495 e. The molecule has 0 radical (unpaired) electrons. The molecule has 0 aromatic heterocycles. The van der Waals surface area contributed by atoms with Gasteiger partial charge in [0.25, 0.3) is 0 Å². The normalized spacial score (nSPS) is 28.8. The molecule has 0 fully saturated rings. The highest BCUT2D eigenvalue weighted by Crippen LogP contribution is 2.44. The Morgan fingerprint density at radius 2 is 2.00 bits per heavy atom. The Hall–Kier alpha value is -1.41. The Bertz CT molecular complexity index is 489. The van der Waals surface area contributed by atoms with Crippen LogP contribution in [0.15, 0.2) is 23.5 Å². The highest BCUT2D eigenvalue weighted by molar-refractivity contribution is 5.73. The Morgan fingerprint density at radius 3 is 2.43 bits per heavy atom. The van der Waals surface area contributed by atoms with Gasteiger partial charge in [-0.25, -0.2) is 0 Å². The minimum absolute atomic E-state index is 0.0653. The third-order valence-corrected chi connectivity index (χ3v) is 3.99. The first-order chi connectivity index (χ1) is 10.8. The van der Waals surface area contributed by atoms with Crippen LogP contribution in [-0.4, -0.2) is 53.9 Å². The van der Waals surface area contributed by atoms with Crippen LogP contribution in [-0.2, 0) is 19.0 Å². The van der Waals surface area contributed by atoms with E-state index >= 15 is 0 Å².